The number of aliphatic hydroxyl groups excluding tert-OH is 1. The van der Waals surface area contributed by atoms with E-state index in [4.69, 9.17) is 10.8 Å². The van der Waals surface area contributed by atoms with Crippen molar-refractivity contribution in [2.24, 2.45) is 5.73 Å². The number of rotatable bonds is 3. The van der Waals surface area contributed by atoms with Crippen LogP contribution in [-0.2, 0) is 6.18 Å². The van der Waals surface area contributed by atoms with Crippen LogP contribution in [0.4, 0.5) is 17.6 Å². The molecule has 0 amide bonds. The van der Waals surface area contributed by atoms with E-state index in [1.165, 1.54) is 0 Å². The van der Waals surface area contributed by atoms with Crippen molar-refractivity contribution in [3.63, 3.8) is 0 Å². The van der Waals surface area contributed by atoms with Crippen molar-refractivity contribution in [3.05, 3.63) is 35.1 Å². The van der Waals surface area contributed by atoms with Crippen LogP contribution in [0, 0.1) is 5.82 Å². The summed E-state index contributed by atoms with van der Waals surface area (Å²) in [6.07, 6.45) is -4.62. The monoisotopic (exact) mass is 237 g/mol. The highest BCUT2D eigenvalue weighted by Crippen LogP contribution is 2.35. The molecule has 90 valence electrons. The van der Waals surface area contributed by atoms with Gasteiger partial charge in [-0.25, -0.2) is 4.39 Å². The molecule has 0 aliphatic rings. The van der Waals surface area contributed by atoms with Gasteiger partial charge in [-0.05, 0) is 30.2 Å². The highest BCUT2D eigenvalue weighted by atomic mass is 19.4. The summed E-state index contributed by atoms with van der Waals surface area (Å²) in [6, 6.07) is 1.11. The summed E-state index contributed by atoms with van der Waals surface area (Å²) in [6.45, 7) is -0.352. The molecule has 3 N–H and O–H groups in total. The molecule has 0 unspecified atom stereocenters. The van der Waals surface area contributed by atoms with Crippen LogP contribution in [0.5, 0.6) is 0 Å². The van der Waals surface area contributed by atoms with Crippen molar-refractivity contribution in [2.45, 2.75) is 18.6 Å². The Morgan fingerprint density at radius 1 is 1.31 bits per heavy atom. The molecule has 2 nitrogen and oxygen atoms in total. The molecule has 1 atom stereocenters. The first kappa shape index (κ1) is 12.9. The van der Waals surface area contributed by atoms with Crippen molar-refractivity contribution in [1.82, 2.24) is 0 Å². The summed E-state index contributed by atoms with van der Waals surface area (Å²) in [7, 11) is 0. The summed E-state index contributed by atoms with van der Waals surface area (Å²) < 4.78 is 50.5. The summed E-state index contributed by atoms with van der Waals surface area (Å²) in [4.78, 5) is 0. The number of benzene rings is 1. The van der Waals surface area contributed by atoms with Gasteiger partial charge >= 0.3 is 6.18 Å². The minimum atomic E-state index is -4.57. The smallest absolute Gasteiger partial charge is 0.396 e. The molecule has 1 aromatic rings. The molecule has 0 bridgehead atoms. The molecule has 0 aromatic heterocycles. The van der Waals surface area contributed by atoms with Crippen molar-refractivity contribution < 1.29 is 22.7 Å². The zero-order chi connectivity index (χ0) is 12.3. The lowest BCUT2D eigenvalue weighted by atomic mass is 9.98. The highest BCUT2D eigenvalue weighted by Gasteiger charge is 2.34. The quantitative estimate of drug-likeness (QED) is 0.792. The van der Waals surface area contributed by atoms with Crippen LogP contribution in [-0.4, -0.2) is 11.7 Å². The molecular weight excluding hydrogens is 226 g/mol. The standard InChI is InChI=1S/C10H11F4NO/c11-6-1-2-8(10(12,13)14)7(5-6)9(15)3-4-16/h1-2,5,9,16H,3-4,15H2/t9-/m1/s1. The summed E-state index contributed by atoms with van der Waals surface area (Å²) in [5.41, 5.74) is 4.15. The Kier molecular flexibility index (Phi) is 3.88. The maximum Gasteiger partial charge on any atom is 0.416 e. The third kappa shape index (κ3) is 2.93. The number of hydrogen-bond acceptors (Lipinski definition) is 2. The molecule has 6 heteroatoms. The lowest BCUT2D eigenvalue weighted by molar-refractivity contribution is -0.138. The molecule has 0 aliphatic carbocycles. The molecular formula is C10H11F4NO. The van der Waals surface area contributed by atoms with Gasteiger partial charge in [0, 0.05) is 12.6 Å². The van der Waals surface area contributed by atoms with Gasteiger partial charge in [-0.15, -0.1) is 0 Å². The Labute approximate surface area is 89.7 Å². The number of alkyl halides is 3. The van der Waals surface area contributed by atoms with Gasteiger partial charge in [0.1, 0.15) is 5.82 Å². The fraction of sp³-hybridized carbons (Fsp3) is 0.400. The zero-order valence-electron chi connectivity index (χ0n) is 8.26. The first-order valence-corrected chi connectivity index (χ1v) is 4.59. The predicted octanol–water partition coefficient (Wildman–Crippen LogP) is 2.23. The van der Waals surface area contributed by atoms with Crippen molar-refractivity contribution in [1.29, 1.82) is 0 Å². The fourth-order valence-electron chi connectivity index (χ4n) is 1.39. The maximum absolute atomic E-state index is 12.9. The lowest BCUT2D eigenvalue weighted by Crippen LogP contribution is -2.18. The summed E-state index contributed by atoms with van der Waals surface area (Å²) >= 11 is 0. The van der Waals surface area contributed by atoms with E-state index in [-0.39, 0.29) is 18.6 Å². The van der Waals surface area contributed by atoms with Gasteiger partial charge in [0.05, 0.1) is 5.56 Å². The molecule has 0 spiro atoms. The molecule has 0 radical (unpaired) electrons. The number of aliphatic hydroxyl groups is 1. The average Bonchev–Trinajstić information content (AvgIpc) is 2.16. The van der Waals surface area contributed by atoms with Gasteiger partial charge in [-0.1, -0.05) is 0 Å². The van der Waals surface area contributed by atoms with Crippen LogP contribution < -0.4 is 5.73 Å². The molecule has 16 heavy (non-hydrogen) atoms. The molecule has 1 rings (SSSR count). The van der Waals surface area contributed by atoms with E-state index in [0.717, 1.165) is 12.1 Å². The van der Waals surface area contributed by atoms with Gasteiger partial charge < -0.3 is 10.8 Å². The van der Waals surface area contributed by atoms with Gasteiger partial charge in [0.15, 0.2) is 0 Å². The van der Waals surface area contributed by atoms with Crippen LogP contribution in [0.25, 0.3) is 0 Å². The van der Waals surface area contributed by atoms with E-state index < -0.39 is 23.6 Å². The first-order valence-electron chi connectivity index (χ1n) is 4.59. The number of hydrogen-bond donors (Lipinski definition) is 2. The second-order valence-electron chi connectivity index (χ2n) is 3.35. The van der Waals surface area contributed by atoms with E-state index in [0.29, 0.717) is 6.07 Å². The van der Waals surface area contributed by atoms with Crippen LogP contribution in [0.15, 0.2) is 18.2 Å². The molecule has 0 heterocycles. The molecule has 0 saturated heterocycles. The number of nitrogens with two attached hydrogens (primary N) is 1. The second-order valence-corrected chi connectivity index (χ2v) is 3.35. The number of halogens is 4. The topological polar surface area (TPSA) is 46.2 Å². The second kappa shape index (κ2) is 4.80. The minimum Gasteiger partial charge on any atom is -0.396 e. The Bertz CT molecular complexity index is 364. The molecule has 0 aliphatic heterocycles. The third-order valence-corrected chi connectivity index (χ3v) is 2.16. The van der Waals surface area contributed by atoms with Crippen molar-refractivity contribution in [3.8, 4) is 0 Å². The predicted molar refractivity (Wildman–Crippen MR) is 50.0 cm³/mol. The van der Waals surface area contributed by atoms with E-state index in [9.17, 15) is 17.6 Å². The van der Waals surface area contributed by atoms with Crippen LogP contribution in [0.2, 0.25) is 0 Å². The Hall–Kier alpha value is -1.14. The Balaban J connectivity index is 3.18. The van der Waals surface area contributed by atoms with Gasteiger partial charge in [0.2, 0.25) is 0 Å². The SMILES string of the molecule is N[C@H](CCO)c1cc(F)ccc1C(F)(F)F. The van der Waals surface area contributed by atoms with E-state index >= 15 is 0 Å². The molecule has 0 fully saturated rings. The van der Waals surface area contributed by atoms with Crippen LogP contribution in [0.1, 0.15) is 23.6 Å². The van der Waals surface area contributed by atoms with Crippen LogP contribution in [0.3, 0.4) is 0 Å². The third-order valence-electron chi connectivity index (χ3n) is 2.16. The normalized spacial score (nSPS) is 13.9. The van der Waals surface area contributed by atoms with E-state index in [2.05, 4.69) is 0 Å². The average molecular weight is 237 g/mol. The zero-order valence-corrected chi connectivity index (χ0v) is 8.26. The Morgan fingerprint density at radius 3 is 2.44 bits per heavy atom. The van der Waals surface area contributed by atoms with Gasteiger partial charge in [-0.2, -0.15) is 13.2 Å². The molecule has 0 saturated carbocycles. The Morgan fingerprint density at radius 2 is 1.94 bits per heavy atom. The van der Waals surface area contributed by atoms with Gasteiger partial charge in [-0.3, -0.25) is 0 Å². The van der Waals surface area contributed by atoms with Crippen molar-refractivity contribution >= 4 is 0 Å². The van der Waals surface area contributed by atoms with E-state index in [1.54, 1.807) is 0 Å². The minimum absolute atomic E-state index is 0.0491. The van der Waals surface area contributed by atoms with Gasteiger partial charge in [0.25, 0.3) is 0 Å². The summed E-state index contributed by atoms with van der Waals surface area (Å²) in [5.74, 6) is -0.781. The first-order chi connectivity index (χ1) is 7.36. The molecule has 1 aromatic carbocycles. The maximum atomic E-state index is 12.9. The van der Waals surface area contributed by atoms with Crippen molar-refractivity contribution in [2.75, 3.05) is 6.61 Å². The lowest BCUT2D eigenvalue weighted by Gasteiger charge is -2.17. The van der Waals surface area contributed by atoms with E-state index in [1.807, 2.05) is 0 Å². The fourth-order valence-corrected chi connectivity index (χ4v) is 1.39. The largest absolute Gasteiger partial charge is 0.416 e. The highest BCUT2D eigenvalue weighted by molar-refractivity contribution is 5.32. The summed E-state index contributed by atoms with van der Waals surface area (Å²) in [5, 5.41) is 8.61. The van der Waals surface area contributed by atoms with Crippen LogP contribution >= 0.6 is 0 Å².